The van der Waals surface area contributed by atoms with E-state index in [0.717, 1.165) is 11.0 Å². The molecule has 0 saturated carbocycles. The van der Waals surface area contributed by atoms with Crippen LogP contribution in [-0.4, -0.2) is 41.9 Å². The summed E-state index contributed by atoms with van der Waals surface area (Å²) < 4.78 is 130. The molecule has 0 bridgehead atoms. The highest BCUT2D eigenvalue weighted by Gasteiger charge is 2.73. The summed E-state index contributed by atoms with van der Waals surface area (Å²) in [5, 5.41) is 0. The molecule has 1 aromatic carbocycles. The SMILES string of the molecule is O=C(CC(F)(F)F)N1CCC2c3ccc(C(F)(C(F)(F)F)C(F)(F)F)cc3CCC21. The lowest BCUT2D eigenvalue weighted by molar-refractivity contribution is -0.348. The van der Waals surface area contributed by atoms with E-state index in [4.69, 9.17) is 0 Å². The van der Waals surface area contributed by atoms with Gasteiger partial charge in [-0.3, -0.25) is 4.79 Å². The minimum Gasteiger partial charge on any atom is -0.339 e. The minimum absolute atomic E-state index is 0.0103. The van der Waals surface area contributed by atoms with Gasteiger partial charge in [-0.2, -0.15) is 39.5 Å². The number of nitrogens with zero attached hydrogens (tertiary/aromatic N) is 1. The van der Waals surface area contributed by atoms with Crippen LogP contribution in [-0.2, 0) is 16.9 Å². The van der Waals surface area contributed by atoms with Gasteiger partial charge in [-0.15, -0.1) is 0 Å². The van der Waals surface area contributed by atoms with Crippen LogP contribution in [0.3, 0.4) is 0 Å². The largest absolute Gasteiger partial charge is 0.435 e. The van der Waals surface area contributed by atoms with Crippen molar-refractivity contribution in [3.05, 3.63) is 34.9 Å². The number of carbonyl (C=O) groups is 1. The first-order chi connectivity index (χ1) is 13.6. The zero-order valence-electron chi connectivity index (χ0n) is 15.1. The molecule has 1 aromatic rings. The Morgan fingerprint density at radius 3 is 2.07 bits per heavy atom. The van der Waals surface area contributed by atoms with Crippen LogP contribution in [0, 0.1) is 0 Å². The summed E-state index contributed by atoms with van der Waals surface area (Å²) in [5.74, 6) is -1.67. The molecule has 0 spiro atoms. The number of rotatable bonds is 2. The fourth-order valence-electron chi connectivity index (χ4n) is 4.35. The highest BCUT2D eigenvalue weighted by atomic mass is 19.4. The number of aryl methyl sites for hydroxylation is 1. The average molecular weight is 451 g/mol. The predicted molar refractivity (Wildman–Crippen MR) is 83.2 cm³/mol. The summed E-state index contributed by atoms with van der Waals surface area (Å²) in [5.41, 5.74) is -6.75. The van der Waals surface area contributed by atoms with E-state index in [-0.39, 0.29) is 31.4 Å². The Kier molecular flexibility index (Phi) is 5.30. The predicted octanol–water partition coefficient (Wildman–Crippen LogP) is 5.56. The van der Waals surface area contributed by atoms with E-state index in [2.05, 4.69) is 0 Å². The molecule has 1 heterocycles. The standard InChI is InChI=1S/C18H15F10NO/c19-15(20,21)8-14(30)29-6-5-12-11-3-2-10(7-9(11)1-4-13(12)29)16(22,17(23,24)25)18(26,27)28/h2-3,7,12-13H,1,4-6,8H2. The van der Waals surface area contributed by atoms with E-state index >= 15 is 0 Å². The second-order valence-electron chi connectivity index (χ2n) is 7.45. The molecule has 1 amide bonds. The van der Waals surface area contributed by atoms with Crippen LogP contribution in [0.15, 0.2) is 18.2 Å². The molecule has 1 saturated heterocycles. The van der Waals surface area contributed by atoms with Crippen molar-refractivity contribution in [1.29, 1.82) is 0 Å². The number of halogens is 10. The molecule has 2 aliphatic rings. The van der Waals surface area contributed by atoms with Gasteiger partial charge in [-0.25, -0.2) is 4.39 Å². The number of fused-ring (bicyclic) bond motifs is 3. The van der Waals surface area contributed by atoms with Crippen molar-refractivity contribution >= 4 is 5.91 Å². The molecule has 2 unspecified atom stereocenters. The monoisotopic (exact) mass is 451 g/mol. The molecular weight excluding hydrogens is 436 g/mol. The number of hydrogen-bond donors (Lipinski definition) is 0. The molecule has 168 valence electrons. The van der Waals surface area contributed by atoms with Gasteiger partial charge in [0.2, 0.25) is 5.91 Å². The molecular formula is C18H15F10NO. The zero-order chi connectivity index (χ0) is 22.7. The van der Waals surface area contributed by atoms with E-state index in [1.165, 1.54) is 0 Å². The fraction of sp³-hybridized carbons (Fsp3) is 0.611. The Balaban J connectivity index is 1.92. The smallest absolute Gasteiger partial charge is 0.339 e. The first-order valence-electron chi connectivity index (χ1n) is 8.88. The van der Waals surface area contributed by atoms with Crippen LogP contribution in [0.5, 0.6) is 0 Å². The lowest BCUT2D eigenvalue weighted by Crippen LogP contribution is -2.50. The van der Waals surface area contributed by atoms with Crippen LogP contribution in [0.4, 0.5) is 43.9 Å². The van der Waals surface area contributed by atoms with Crippen molar-refractivity contribution in [1.82, 2.24) is 4.90 Å². The van der Waals surface area contributed by atoms with Crippen molar-refractivity contribution in [2.24, 2.45) is 0 Å². The second kappa shape index (κ2) is 7.01. The number of amides is 1. The first-order valence-corrected chi connectivity index (χ1v) is 8.88. The van der Waals surface area contributed by atoms with E-state index in [0.29, 0.717) is 17.7 Å². The molecule has 2 nitrogen and oxygen atoms in total. The molecule has 12 heteroatoms. The molecule has 2 atom stereocenters. The van der Waals surface area contributed by atoms with Gasteiger partial charge in [-0.05, 0) is 30.4 Å². The molecule has 3 rings (SSSR count). The van der Waals surface area contributed by atoms with Gasteiger partial charge < -0.3 is 4.90 Å². The maximum Gasteiger partial charge on any atom is 0.435 e. The van der Waals surface area contributed by atoms with Gasteiger partial charge in [0.25, 0.3) is 0 Å². The van der Waals surface area contributed by atoms with Crippen LogP contribution < -0.4 is 0 Å². The van der Waals surface area contributed by atoms with E-state index < -0.39 is 54.0 Å². The Morgan fingerprint density at radius 2 is 1.53 bits per heavy atom. The summed E-state index contributed by atoms with van der Waals surface area (Å²) in [7, 11) is 0. The van der Waals surface area contributed by atoms with Gasteiger partial charge >= 0.3 is 24.2 Å². The van der Waals surface area contributed by atoms with Crippen LogP contribution in [0.25, 0.3) is 0 Å². The fourth-order valence-corrected chi connectivity index (χ4v) is 4.35. The third kappa shape index (κ3) is 3.73. The van der Waals surface area contributed by atoms with E-state index in [9.17, 15) is 48.7 Å². The second-order valence-corrected chi connectivity index (χ2v) is 7.45. The molecule has 1 fully saturated rings. The summed E-state index contributed by atoms with van der Waals surface area (Å²) in [6, 6.07) is 1.23. The number of hydrogen-bond acceptors (Lipinski definition) is 1. The van der Waals surface area contributed by atoms with Crippen LogP contribution in [0.1, 0.15) is 41.9 Å². The topological polar surface area (TPSA) is 20.3 Å². The highest BCUT2D eigenvalue weighted by molar-refractivity contribution is 5.78. The molecule has 1 aliphatic carbocycles. The lowest BCUT2D eigenvalue weighted by Gasteiger charge is -2.35. The molecule has 0 N–H and O–H groups in total. The third-order valence-corrected chi connectivity index (χ3v) is 5.65. The maximum absolute atomic E-state index is 14.3. The van der Waals surface area contributed by atoms with Crippen LogP contribution >= 0.6 is 0 Å². The lowest BCUT2D eigenvalue weighted by atomic mass is 9.77. The van der Waals surface area contributed by atoms with Crippen molar-refractivity contribution in [2.75, 3.05) is 6.54 Å². The van der Waals surface area contributed by atoms with E-state index in [1.807, 2.05) is 0 Å². The van der Waals surface area contributed by atoms with Gasteiger partial charge in [0, 0.05) is 24.1 Å². The normalized spacial score (nSPS) is 22.7. The summed E-state index contributed by atoms with van der Waals surface area (Å²) in [6.07, 6.45) is -18.6. The van der Waals surface area contributed by atoms with Crippen LogP contribution in [0.2, 0.25) is 0 Å². The number of carbonyl (C=O) groups excluding carboxylic acids is 1. The number of alkyl halides is 10. The molecule has 0 aromatic heterocycles. The van der Waals surface area contributed by atoms with Gasteiger partial charge in [-0.1, -0.05) is 18.2 Å². The highest BCUT2D eigenvalue weighted by Crippen LogP contribution is 2.54. The van der Waals surface area contributed by atoms with Gasteiger partial charge in [0.1, 0.15) is 6.42 Å². The van der Waals surface area contributed by atoms with Gasteiger partial charge in [0.15, 0.2) is 0 Å². The maximum atomic E-state index is 14.3. The zero-order valence-corrected chi connectivity index (χ0v) is 15.1. The number of benzene rings is 1. The Bertz CT molecular complexity index is 812. The molecule has 30 heavy (non-hydrogen) atoms. The Morgan fingerprint density at radius 1 is 0.933 bits per heavy atom. The first kappa shape index (κ1) is 22.7. The van der Waals surface area contributed by atoms with E-state index in [1.54, 1.807) is 0 Å². The van der Waals surface area contributed by atoms with Crippen molar-refractivity contribution in [3.63, 3.8) is 0 Å². The average Bonchev–Trinajstić information content (AvgIpc) is 3.01. The Hall–Kier alpha value is -2.01. The van der Waals surface area contributed by atoms with Gasteiger partial charge in [0.05, 0.1) is 0 Å². The van der Waals surface area contributed by atoms with Crippen molar-refractivity contribution in [2.45, 2.75) is 61.8 Å². The quantitative estimate of drug-likeness (QED) is 0.540. The molecule has 0 radical (unpaired) electrons. The third-order valence-electron chi connectivity index (χ3n) is 5.65. The molecule has 1 aliphatic heterocycles. The summed E-state index contributed by atoms with van der Waals surface area (Å²) in [4.78, 5) is 13.0. The Labute approximate surface area is 163 Å². The minimum atomic E-state index is -6.23. The van der Waals surface area contributed by atoms with Crippen molar-refractivity contribution < 1.29 is 48.7 Å². The summed E-state index contributed by atoms with van der Waals surface area (Å²) in [6.45, 7) is -0.0103. The number of likely N-dealkylation sites (tertiary alicyclic amines) is 1. The summed E-state index contributed by atoms with van der Waals surface area (Å²) >= 11 is 0. The van der Waals surface area contributed by atoms with Crippen molar-refractivity contribution in [3.8, 4) is 0 Å².